The van der Waals surface area contributed by atoms with Crippen molar-refractivity contribution in [3.05, 3.63) is 0 Å². The number of hydrogen-bond donors (Lipinski definition) is 2. The molecule has 6 heteroatoms. The molecule has 1 aliphatic rings. The Morgan fingerprint density at radius 3 is 2.62 bits per heavy atom. The van der Waals surface area contributed by atoms with Crippen LogP contribution < -0.4 is 11.1 Å². The Hall–Kier alpha value is -1.72. The summed E-state index contributed by atoms with van der Waals surface area (Å²) in [6.07, 6.45) is 0.738. The first-order valence-electron chi connectivity index (χ1n) is 5.20. The van der Waals surface area contributed by atoms with Gasteiger partial charge < -0.3 is 11.1 Å². The van der Waals surface area contributed by atoms with Crippen molar-refractivity contribution >= 4 is 23.3 Å². The average molecular weight is 222 g/mol. The van der Waals surface area contributed by atoms with Crippen molar-refractivity contribution in [1.29, 1.82) is 0 Å². The lowest BCUT2D eigenvalue weighted by Gasteiger charge is -2.15. The Morgan fingerprint density at radius 2 is 2.06 bits per heavy atom. The van der Waals surface area contributed by atoms with Gasteiger partial charge in [-0.15, -0.1) is 5.10 Å². The lowest BCUT2D eigenvalue weighted by atomic mass is 10.2. The molecule has 3 N–H and O–H groups in total. The van der Waals surface area contributed by atoms with E-state index in [4.69, 9.17) is 5.73 Å². The molecule has 0 aliphatic carbocycles. The first-order valence-corrected chi connectivity index (χ1v) is 5.20. The Labute approximate surface area is 95.5 Å². The van der Waals surface area contributed by atoms with Gasteiger partial charge >= 0.3 is 0 Å². The van der Waals surface area contributed by atoms with Crippen LogP contribution in [0.25, 0.3) is 0 Å². The number of amidine groups is 2. The Morgan fingerprint density at radius 1 is 1.38 bits per heavy atom. The van der Waals surface area contributed by atoms with E-state index >= 15 is 0 Å². The van der Waals surface area contributed by atoms with E-state index in [1.54, 1.807) is 0 Å². The fourth-order valence-electron chi connectivity index (χ4n) is 1.25. The summed E-state index contributed by atoms with van der Waals surface area (Å²) in [4.78, 5) is 8.22. The van der Waals surface area contributed by atoms with E-state index in [1.165, 1.54) is 0 Å². The molecule has 6 nitrogen and oxygen atoms in total. The minimum absolute atomic E-state index is 0.157. The zero-order chi connectivity index (χ0) is 12.1. The molecule has 0 aromatic heterocycles. The van der Waals surface area contributed by atoms with Gasteiger partial charge in [0.05, 0.1) is 6.04 Å². The van der Waals surface area contributed by atoms with Crippen LogP contribution in [-0.2, 0) is 0 Å². The highest BCUT2D eigenvalue weighted by Gasteiger charge is 2.12. The van der Waals surface area contributed by atoms with Gasteiger partial charge in [-0.1, -0.05) is 0 Å². The zero-order valence-electron chi connectivity index (χ0n) is 10.2. The Kier molecular flexibility index (Phi) is 4.16. The minimum atomic E-state index is 0.157. The van der Waals surface area contributed by atoms with Crippen molar-refractivity contribution in [1.82, 2.24) is 5.32 Å². The van der Waals surface area contributed by atoms with Crippen molar-refractivity contribution in [3.63, 3.8) is 0 Å². The summed E-state index contributed by atoms with van der Waals surface area (Å²) in [5, 5.41) is 11.0. The number of nitrogens with two attached hydrogens (primary N) is 1. The quantitative estimate of drug-likeness (QED) is 0.392. The number of nitrogens with zero attached hydrogens (tertiary/aromatic N) is 4. The molecule has 0 saturated carbocycles. The molecule has 0 aromatic carbocycles. The predicted molar refractivity (Wildman–Crippen MR) is 68.2 cm³/mol. The molecule has 0 fully saturated rings. The third kappa shape index (κ3) is 4.20. The van der Waals surface area contributed by atoms with Crippen molar-refractivity contribution in [2.45, 2.75) is 40.2 Å². The predicted octanol–water partition coefficient (Wildman–Crippen LogP) is 0.896. The second-order valence-electron chi connectivity index (χ2n) is 3.96. The number of guanidine groups is 1. The van der Waals surface area contributed by atoms with Crippen LogP contribution in [-0.4, -0.2) is 29.4 Å². The van der Waals surface area contributed by atoms with Gasteiger partial charge in [0.25, 0.3) is 0 Å². The van der Waals surface area contributed by atoms with E-state index in [9.17, 15) is 0 Å². The molecule has 1 aliphatic heterocycles. The number of aliphatic imine (C=N–C) groups is 2. The second-order valence-corrected chi connectivity index (χ2v) is 3.96. The van der Waals surface area contributed by atoms with Crippen LogP contribution in [0.2, 0.25) is 0 Å². The van der Waals surface area contributed by atoms with E-state index in [1.807, 2.05) is 27.7 Å². The summed E-state index contributed by atoms with van der Waals surface area (Å²) in [5.74, 6) is 1.79. The molecule has 0 aromatic rings. The van der Waals surface area contributed by atoms with Crippen LogP contribution in [0.3, 0.4) is 0 Å². The molecule has 1 atom stereocenters. The van der Waals surface area contributed by atoms with Gasteiger partial charge in [0.2, 0.25) is 5.96 Å². The van der Waals surface area contributed by atoms with Crippen molar-refractivity contribution in [3.8, 4) is 0 Å². The second kappa shape index (κ2) is 5.39. The van der Waals surface area contributed by atoms with Crippen molar-refractivity contribution < 1.29 is 0 Å². The Bertz CT molecular complexity index is 373. The van der Waals surface area contributed by atoms with Crippen molar-refractivity contribution in [2.75, 3.05) is 0 Å². The van der Waals surface area contributed by atoms with Crippen LogP contribution in [0.1, 0.15) is 34.1 Å². The fraction of sp³-hybridized carbons (Fsp3) is 0.600. The molecule has 0 amide bonds. The summed E-state index contributed by atoms with van der Waals surface area (Å²) >= 11 is 0. The highest BCUT2D eigenvalue weighted by Crippen LogP contribution is 2.03. The first-order chi connectivity index (χ1) is 7.47. The van der Waals surface area contributed by atoms with Crippen molar-refractivity contribution in [2.24, 2.45) is 25.9 Å². The zero-order valence-corrected chi connectivity index (χ0v) is 10.2. The van der Waals surface area contributed by atoms with Crippen LogP contribution in [0.15, 0.2) is 20.2 Å². The SMILES string of the molecule is CC(C)=N/N=C(\C)NC1=NC(N)=NC(C)C1. The molecule has 1 rings (SSSR count). The molecule has 1 heterocycles. The van der Waals surface area contributed by atoms with Crippen LogP contribution >= 0.6 is 0 Å². The largest absolute Gasteiger partial charge is 0.368 e. The molecule has 16 heavy (non-hydrogen) atoms. The van der Waals surface area contributed by atoms with E-state index in [0.717, 1.165) is 18.0 Å². The van der Waals surface area contributed by atoms with E-state index in [2.05, 4.69) is 25.5 Å². The van der Waals surface area contributed by atoms with Crippen LogP contribution in [0, 0.1) is 0 Å². The lowest BCUT2D eigenvalue weighted by Crippen LogP contribution is -2.35. The summed E-state index contributed by atoms with van der Waals surface area (Å²) in [7, 11) is 0. The Balaban J connectivity index is 2.65. The van der Waals surface area contributed by atoms with Gasteiger partial charge in [0.1, 0.15) is 11.7 Å². The van der Waals surface area contributed by atoms with Gasteiger partial charge in [-0.3, -0.25) is 0 Å². The molecule has 0 radical (unpaired) electrons. The maximum Gasteiger partial charge on any atom is 0.217 e. The maximum absolute atomic E-state index is 5.57. The third-order valence-electron chi connectivity index (χ3n) is 1.82. The van der Waals surface area contributed by atoms with Gasteiger partial charge in [-0.25, -0.2) is 9.98 Å². The maximum atomic E-state index is 5.57. The van der Waals surface area contributed by atoms with Gasteiger partial charge in [0, 0.05) is 12.1 Å². The molecule has 1 unspecified atom stereocenters. The van der Waals surface area contributed by atoms with Crippen LogP contribution in [0.4, 0.5) is 0 Å². The van der Waals surface area contributed by atoms with E-state index in [0.29, 0.717) is 11.8 Å². The number of rotatable bonds is 1. The summed E-state index contributed by atoms with van der Waals surface area (Å²) in [6.45, 7) is 7.61. The highest BCUT2D eigenvalue weighted by molar-refractivity contribution is 6.05. The molecular weight excluding hydrogens is 204 g/mol. The summed E-state index contributed by atoms with van der Waals surface area (Å²) in [6, 6.07) is 0.157. The lowest BCUT2D eigenvalue weighted by molar-refractivity contribution is 0.756. The van der Waals surface area contributed by atoms with Gasteiger partial charge in [0.15, 0.2) is 0 Å². The van der Waals surface area contributed by atoms with Crippen LogP contribution in [0.5, 0.6) is 0 Å². The topological polar surface area (TPSA) is 87.5 Å². The van der Waals surface area contributed by atoms with Gasteiger partial charge in [-0.05, 0) is 27.7 Å². The summed E-state index contributed by atoms with van der Waals surface area (Å²) in [5.41, 5.74) is 6.47. The number of nitrogens with one attached hydrogen (secondary N) is 1. The molecule has 0 spiro atoms. The fourth-order valence-corrected chi connectivity index (χ4v) is 1.25. The van der Waals surface area contributed by atoms with E-state index in [-0.39, 0.29) is 6.04 Å². The highest BCUT2D eigenvalue weighted by atomic mass is 15.3. The first kappa shape index (κ1) is 12.4. The molecule has 0 saturated heterocycles. The number of hydrogen-bond acceptors (Lipinski definition) is 5. The average Bonchev–Trinajstić information content (AvgIpc) is 2.12. The smallest absolute Gasteiger partial charge is 0.217 e. The normalized spacial score (nSPS) is 21.0. The molecule has 88 valence electrons. The molecular formula is C10H18N6. The van der Waals surface area contributed by atoms with Gasteiger partial charge in [-0.2, -0.15) is 5.10 Å². The standard InChI is InChI=1S/C10H18N6/c1-6(2)15-16-8(4)13-9-5-7(3)12-10(11)14-9/h7H,5H2,1-4H3,(H3,11,12,13,14,16). The van der Waals surface area contributed by atoms with E-state index < -0.39 is 0 Å². The monoisotopic (exact) mass is 222 g/mol. The summed E-state index contributed by atoms with van der Waals surface area (Å²) < 4.78 is 0. The third-order valence-corrected chi connectivity index (χ3v) is 1.82. The molecule has 0 bridgehead atoms. The minimum Gasteiger partial charge on any atom is -0.368 e.